The van der Waals surface area contributed by atoms with Gasteiger partial charge in [0.15, 0.2) is 0 Å². The summed E-state index contributed by atoms with van der Waals surface area (Å²) in [6, 6.07) is 4.83. The summed E-state index contributed by atoms with van der Waals surface area (Å²) < 4.78 is 19.0. The summed E-state index contributed by atoms with van der Waals surface area (Å²) in [5.74, 6) is -0.305. The molecule has 4 heteroatoms. The molecule has 0 aliphatic heterocycles. The first kappa shape index (κ1) is 14.6. The highest BCUT2D eigenvalue weighted by Gasteiger charge is 2.22. The van der Waals surface area contributed by atoms with Crippen molar-refractivity contribution in [2.75, 3.05) is 7.11 Å². The minimum atomic E-state index is -0.553. The van der Waals surface area contributed by atoms with E-state index in [4.69, 9.17) is 4.74 Å². The zero-order valence-corrected chi connectivity index (χ0v) is 11.9. The Bertz CT molecular complexity index is 380. The van der Waals surface area contributed by atoms with Gasteiger partial charge in [-0.2, -0.15) is 0 Å². The van der Waals surface area contributed by atoms with Gasteiger partial charge < -0.3 is 9.84 Å². The quantitative estimate of drug-likeness (QED) is 0.904. The van der Waals surface area contributed by atoms with Gasteiger partial charge >= 0.3 is 0 Å². The van der Waals surface area contributed by atoms with Crippen LogP contribution in [0.25, 0.3) is 0 Å². The molecule has 17 heavy (non-hydrogen) atoms. The third-order valence-corrected chi connectivity index (χ3v) is 3.65. The minimum absolute atomic E-state index is 0.305. The van der Waals surface area contributed by atoms with Crippen molar-refractivity contribution in [3.05, 3.63) is 34.1 Å². The summed E-state index contributed by atoms with van der Waals surface area (Å²) in [5, 5.41) is 9.96. The summed E-state index contributed by atoms with van der Waals surface area (Å²) in [5.41, 5.74) is 0.392. The van der Waals surface area contributed by atoms with Crippen LogP contribution in [0.3, 0.4) is 0 Å². The maximum atomic E-state index is 13.3. The molecule has 1 aromatic rings. The third kappa shape index (κ3) is 4.37. The molecule has 1 rings (SSSR count). The van der Waals surface area contributed by atoms with Gasteiger partial charge in [-0.25, -0.2) is 4.39 Å². The van der Waals surface area contributed by atoms with Gasteiger partial charge in [0.25, 0.3) is 0 Å². The molecular formula is C13H18BrFO2. The molecule has 0 fully saturated rings. The Morgan fingerprint density at radius 1 is 1.47 bits per heavy atom. The summed E-state index contributed by atoms with van der Waals surface area (Å²) in [6.45, 7) is 3.83. The van der Waals surface area contributed by atoms with Gasteiger partial charge in [-0.15, -0.1) is 0 Å². The summed E-state index contributed by atoms with van der Waals surface area (Å²) in [6.07, 6.45) is 0.362. The molecule has 0 radical (unpaired) electrons. The second-order valence-corrected chi connectivity index (χ2v) is 5.53. The topological polar surface area (TPSA) is 29.5 Å². The average molecular weight is 305 g/mol. The van der Waals surface area contributed by atoms with E-state index in [1.165, 1.54) is 6.07 Å². The predicted octanol–water partition coefficient (Wildman–Crippen LogP) is 3.31. The molecule has 0 saturated heterocycles. The van der Waals surface area contributed by atoms with Crippen molar-refractivity contribution in [2.24, 2.45) is 0 Å². The Balaban J connectivity index is 2.68. The molecule has 0 aliphatic rings. The van der Waals surface area contributed by atoms with E-state index < -0.39 is 6.10 Å². The fourth-order valence-electron chi connectivity index (χ4n) is 1.68. The van der Waals surface area contributed by atoms with Crippen molar-refractivity contribution in [3.8, 4) is 0 Å². The van der Waals surface area contributed by atoms with Crippen LogP contribution in [0.15, 0.2) is 22.7 Å². The lowest BCUT2D eigenvalue weighted by Gasteiger charge is -2.26. The number of benzene rings is 1. The van der Waals surface area contributed by atoms with Gasteiger partial charge in [-0.1, -0.05) is 12.1 Å². The van der Waals surface area contributed by atoms with E-state index in [-0.39, 0.29) is 11.4 Å². The van der Waals surface area contributed by atoms with Crippen LogP contribution >= 0.6 is 15.9 Å². The lowest BCUT2D eigenvalue weighted by Crippen LogP contribution is -2.29. The van der Waals surface area contributed by atoms with Gasteiger partial charge in [0, 0.05) is 13.5 Å². The molecule has 96 valence electrons. The molecule has 0 aliphatic carbocycles. The van der Waals surface area contributed by atoms with E-state index >= 15 is 0 Å². The van der Waals surface area contributed by atoms with Crippen LogP contribution in [0.1, 0.15) is 25.8 Å². The van der Waals surface area contributed by atoms with Crippen LogP contribution in [0.5, 0.6) is 0 Å². The number of hydrogen-bond acceptors (Lipinski definition) is 2. The fraction of sp³-hybridized carbons (Fsp3) is 0.538. The molecule has 2 nitrogen and oxygen atoms in total. The molecular weight excluding hydrogens is 287 g/mol. The molecule has 1 N–H and O–H groups in total. The molecule has 0 aromatic heterocycles. The van der Waals surface area contributed by atoms with Gasteiger partial charge in [-0.05, 0) is 47.8 Å². The number of hydrogen-bond donors (Lipinski definition) is 1. The number of aliphatic hydroxyl groups is 1. The summed E-state index contributed by atoms with van der Waals surface area (Å²) in [7, 11) is 1.62. The van der Waals surface area contributed by atoms with Gasteiger partial charge in [0.1, 0.15) is 5.82 Å². The number of methoxy groups -OCH3 is 1. The van der Waals surface area contributed by atoms with Crippen LogP contribution in [0.2, 0.25) is 0 Å². The van der Waals surface area contributed by atoms with Crippen molar-refractivity contribution in [1.29, 1.82) is 0 Å². The van der Waals surface area contributed by atoms with Crippen LogP contribution in [0.4, 0.5) is 4.39 Å². The Hall–Kier alpha value is -0.450. The second kappa shape index (κ2) is 5.94. The van der Waals surface area contributed by atoms with Crippen LogP contribution in [-0.2, 0) is 11.2 Å². The highest BCUT2D eigenvalue weighted by Crippen LogP contribution is 2.24. The maximum absolute atomic E-state index is 13.3. The normalized spacial score (nSPS) is 13.8. The number of halogens is 2. The van der Waals surface area contributed by atoms with Crippen molar-refractivity contribution >= 4 is 15.9 Å². The van der Waals surface area contributed by atoms with E-state index in [9.17, 15) is 9.50 Å². The lowest BCUT2D eigenvalue weighted by molar-refractivity contribution is -0.0191. The Morgan fingerprint density at radius 3 is 2.71 bits per heavy atom. The summed E-state index contributed by atoms with van der Waals surface area (Å²) in [4.78, 5) is 0. The van der Waals surface area contributed by atoms with Gasteiger partial charge in [-0.3, -0.25) is 0 Å². The lowest BCUT2D eigenvalue weighted by atomic mass is 9.96. The van der Waals surface area contributed by atoms with Crippen molar-refractivity contribution in [2.45, 2.75) is 38.4 Å². The number of ether oxygens (including phenoxy) is 1. The molecule has 0 saturated carbocycles. The molecule has 0 heterocycles. The third-order valence-electron chi connectivity index (χ3n) is 2.77. The fourth-order valence-corrected chi connectivity index (χ4v) is 2.11. The molecule has 1 unspecified atom stereocenters. The zero-order valence-electron chi connectivity index (χ0n) is 10.3. The monoisotopic (exact) mass is 304 g/mol. The molecule has 0 amide bonds. The smallest absolute Gasteiger partial charge is 0.137 e. The van der Waals surface area contributed by atoms with E-state index in [0.717, 1.165) is 5.56 Å². The Kier molecular flexibility index (Phi) is 5.10. The zero-order chi connectivity index (χ0) is 13.1. The van der Waals surface area contributed by atoms with E-state index in [1.807, 2.05) is 13.8 Å². The Morgan fingerprint density at radius 2 is 2.12 bits per heavy atom. The second-order valence-electron chi connectivity index (χ2n) is 4.74. The van der Waals surface area contributed by atoms with E-state index in [2.05, 4.69) is 15.9 Å². The standard InChI is InChI=1S/C13H18BrFO2/c1-13(2,17-3)8-10(16)7-9-5-4-6-11(15)12(9)14/h4-6,10,16H,7-8H2,1-3H3. The highest BCUT2D eigenvalue weighted by molar-refractivity contribution is 9.10. The first-order valence-corrected chi connectivity index (χ1v) is 6.31. The van der Waals surface area contributed by atoms with Crippen LogP contribution in [0, 0.1) is 5.82 Å². The summed E-state index contributed by atoms with van der Waals surface area (Å²) >= 11 is 3.19. The molecule has 0 spiro atoms. The molecule has 1 aromatic carbocycles. The van der Waals surface area contributed by atoms with E-state index in [1.54, 1.807) is 19.2 Å². The number of aliphatic hydroxyl groups excluding tert-OH is 1. The van der Waals surface area contributed by atoms with Crippen molar-refractivity contribution in [3.63, 3.8) is 0 Å². The van der Waals surface area contributed by atoms with Gasteiger partial charge in [0.05, 0.1) is 16.2 Å². The SMILES string of the molecule is COC(C)(C)CC(O)Cc1cccc(F)c1Br. The van der Waals surface area contributed by atoms with Crippen LogP contribution in [-0.4, -0.2) is 23.9 Å². The largest absolute Gasteiger partial charge is 0.393 e. The first-order chi connectivity index (χ1) is 7.85. The number of rotatable bonds is 5. The maximum Gasteiger partial charge on any atom is 0.137 e. The van der Waals surface area contributed by atoms with Crippen molar-refractivity contribution in [1.82, 2.24) is 0 Å². The van der Waals surface area contributed by atoms with Crippen molar-refractivity contribution < 1.29 is 14.2 Å². The molecule has 1 atom stereocenters. The highest BCUT2D eigenvalue weighted by atomic mass is 79.9. The predicted molar refractivity (Wildman–Crippen MR) is 69.5 cm³/mol. The molecule has 0 bridgehead atoms. The van der Waals surface area contributed by atoms with E-state index in [0.29, 0.717) is 17.3 Å². The minimum Gasteiger partial charge on any atom is -0.393 e. The Labute approximate surface area is 110 Å². The van der Waals surface area contributed by atoms with Gasteiger partial charge in [0.2, 0.25) is 0 Å². The first-order valence-electron chi connectivity index (χ1n) is 5.52. The van der Waals surface area contributed by atoms with Crippen LogP contribution < -0.4 is 0 Å². The average Bonchev–Trinajstić information content (AvgIpc) is 2.24.